The van der Waals surface area contributed by atoms with Crippen molar-refractivity contribution in [3.8, 4) is 5.75 Å². The van der Waals surface area contributed by atoms with E-state index in [0.717, 1.165) is 5.56 Å². The zero-order valence-corrected chi connectivity index (χ0v) is 8.30. The second-order valence-corrected chi connectivity index (χ2v) is 2.97. The number of benzene rings is 1. The van der Waals surface area contributed by atoms with E-state index in [2.05, 4.69) is 5.16 Å². The molecule has 0 aliphatic heterocycles. The molecule has 3 N–H and O–H groups in total. The molecule has 0 aliphatic rings. The van der Waals surface area contributed by atoms with Gasteiger partial charge in [0.1, 0.15) is 5.75 Å². The van der Waals surface area contributed by atoms with E-state index in [1.165, 1.54) is 0 Å². The van der Waals surface area contributed by atoms with Crippen LogP contribution in [-0.2, 0) is 4.79 Å². The summed E-state index contributed by atoms with van der Waals surface area (Å²) in [5.74, 6) is -0.0257. The summed E-state index contributed by atoms with van der Waals surface area (Å²) in [7, 11) is 0. The minimum Gasteiger partial charge on any atom is -0.484 e. The van der Waals surface area contributed by atoms with Crippen LogP contribution in [0.25, 0.3) is 0 Å². The van der Waals surface area contributed by atoms with Crippen molar-refractivity contribution in [2.45, 2.75) is 6.92 Å². The molecule has 0 unspecified atom stereocenters. The van der Waals surface area contributed by atoms with Crippen molar-refractivity contribution in [3.63, 3.8) is 0 Å². The molecule has 1 rings (SSSR count). The highest BCUT2D eigenvalue weighted by Gasteiger charge is 2.01. The van der Waals surface area contributed by atoms with Crippen LogP contribution in [0.3, 0.4) is 0 Å². The van der Waals surface area contributed by atoms with Crippen LogP contribution in [0.5, 0.6) is 5.75 Å². The summed E-state index contributed by atoms with van der Waals surface area (Å²) < 4.78 is 5.09. The summed E-state index contributed by atoms with van der Waals surface area (Å²) in [5.41, 5.74) is 6.13. The number of amides is 1. The van der Waals surface area contributed by atoms with Crippen LogP contribution in [-0.4, -0.2) is 23.4 Å². The van der Waals surface area contributed by atoms with Gasteiger partial charge in [-0.1, -0.05) is 17.3 Å². The molecule has 0 fully saturated rings. The Morgan fingerprint density at radius 3 is 2.93 bits per heavy atom. The van der Waals surface area contributed by atoms with E-state index in [1.54, 1.807) is 31.2 Å². The van der Waals surface area contributed by atoms with Gasteiger partial charge in [0.05, 0.1) is 5.71 Å². The summed E-state index contributed by atoms with van der Waals surface area (Å²) in [6.07, 6.45) is 0. The van der Waals surface area contributed by atoms with Gasteiger partial charge in [0.2, 0.25) is 0 Å². The molecule has 80 valence electrons. The van der Waals surface area contributed by atoms with Crippen LogP contribution in [0.15, 0.2) is 29.4 Å². The highest BCUT2D eigenvalue weighted by Crippen LogP contribution is 2.13. The number of primary amides is 1. The maximum atomic E-state index is 10.5. The highest BCUT2D eigenvalue weighted by atomic mass is 16.5. The zero-order valence-electron chi connectivity index (χ0n) is 8.30. The van der Waals surface area contributed by atoms with Crippen LogP contribution >= 0.6 is 0 Å². The predicted molar refractivity (Wildman–Crippen MR) is 55.1 cm³/mol. The molecule has 0 aliphatic carbocycles. The first-order valence-electron chi connectivity index (χ1n) is 4.33. The van der Waals surface area contributed by atoms with Gasteiger partial charge >= 0.3 is 0 Å². The van der Waals surface area contributed by atoms with Crippen molar-refractivity contribution in [3.05, 3.63) is 29.8 Å². The molecule has 1 aromatic rings. The molecule has 0 aromatic heterocycles. The number of rotatable bonds is 4. The Bertz CT molecular complexity index is 388. The van der Waals surface area contributed by atoms with E-state index >= 15 is 0 Å². The second-order valence-electron chi connectivity index (χ2n) is 2.97. The predicted octanol–water partition coefficient (Wildman–Crippen LogP) is 0.749. The third-order valence-electron chi connectivity index (χ3n) is 1.78. The summed E-state index contributed by atoms with van der Waals surface area (Å²) in [5, 5.41) is 11.6. The maximum Gasteiger partial charge on any atom is 0.255 e. The highest BCUT2D eigenvalue weighted by molar-refractivity contribution is 5.98. The van der Waals surface area contributed by atoms with Gasteiger partial charge in [-0.05, 0) is 19.1 Å². The maximum absolute atomic E-state index is 10.5. The Labute approximate surface area is 87.1 Å². The Hall–Kier alpha value is -2.04. The summed E-state index contributed by atoms with van der Waals surface area (Å²) in [6.45, 7) is 1.49. The molecule has 1 aromatic carbocycles. The van der Waals surface area contributed by atoms with Crippen LogP contribution in [0.1, 0.15) is 12.5 Å². The second kappa shape index (κ2) is 4.99. The van der Waals surface area contributed by atoms with Gasteiger partial charge in [0.15, 0.2) is 6.61 Å². The topological polar surface area (TPSA) is 84.9 Å². The monoisotopic (exact) mass is 208 g/mol. The Morgan fingerprint density at radius 1 is 1.60 bits per heavy atom. The largest absolute Gasteiger partial charge is 0.484 e. The summed E-state index contributed by atoms with van der Waals surface area (Å²) in [4.78, 5) is 10.5. The molecule has 0 heterocycles. The van der Waals surface area contributed by atoms with Crippen LogP contribution in [0.2, 0.25) is 0 Å². The average molecular weight is 208 g/mol. The molecule has 5 nitrogen and oxygen atoms in total. The third kappa shape index (κ3) is 3.30. The fraction of sp³-hybridized carbons (Fsp3) is 0.200. The molecular weight excluding hydrogens is 196 g/mol. The van der Waals surface area contributed by atoms with E-state index < -0.39 is 5.91 Å². The van der Waals surface area contributed by atoms with Gasteiger partial charge < -0.3 is 15.7 Å². The lowest BCUT2D eigenvalue weighted by Gasteiger charge is -2.05. The van der Waals surface area contributed by atoms with Gasteiger partial charge in [-0.3, -0.25) is 4.79 Å². The van der Waals surface area contributed by atoms with Gasteiger partial charge in [0.25, 0.3) is 5.91 Å². The lowest BCUT2D eigenvalue weighted by molar-refractivity contribution is -0.119. The molecule has 0 spiro atoms. The number of hydrogen-bond acceptors (Lipinski definition) is 4. The quantitative estimate of drug-likeness (QED) is 0.435. The SMILES string of the molecule is C/C(=N\O)c1cccc(OCC(N)=O)c1. The number of nitrogens with zero attached hydrogens (tertiary/aromatic N) is 1. The van der Waals surface area contributed by atoms with Crippen molar-refractivity contribution >= 4 is 11.6 Å². The molecule has 0 saturated carbocycles. The molecule has 0 saturated heterocycles. The van der Waals surface area contributed by atoms with E-state index in [1.807, 2.05) is 0 Å². The number of ether oxygens (including phenoxy) is 1. The Kier molecular flexibility index (Phi) is 3.68. The van der Waals surface area contributed by atoms with Crippen LogP contribution in [0, 0.1) is 0 Å². The van der Waals surface area contributed by atoms with Crippen molar-refractivity contribution in [1.29, 1.82) is 0 Å². The number of nitrogens with two attached hydrogens (primary N) is 1. The lowest BCUT2D eigenvalue weighted by Crippen LogP contribution is -2.20. The van der Waals surface area contributed by atoms with E-state index in [4.69, 9.17) is 15.7 Å². The van der Waals surface area contributed by atoms with Crippen molar-refractivity contribution in [1.82, 2.24) is 0 Å². The lowest BCUT2D eigenvalue weighted by atomic mass is 10.1. The fourth-order valence-corrected chi connectivity index (χ4v) is 1.02. The first kappa shape index (κ1) is 11.0. The van der Waals surface area contributed by atoms with Crippen molar-refractivity contribution < 1.29 is 14.7 Å². The summed E-state index contributed by atoms with van der Waals surface area (Å²) in [6, 6.07) is 6.86. The Morgan fingerprint density at radius 2 is 2.33 bits per heavy atom. The van der Waals surface area contributed by atoms with E-state index in [-0.39, 0.29) is 6.61 Å². The number of hydrogen-bond donors (Lipinski definition) is 2. The van der Waals surface area contributed by atoms with E-state index in [9.17, 15) is 4.79 Å². The first-order chi connectivity index (χ1) is 7.13. The fourth-order valence-electron chi connectivity index (χ4n) is 1.02. The molecule has 5 heteroatoms. The number of carbonyl (C=O) groups excluding carboxylic acids is 1. The summed E-state index contributed by atoms with van der Waals surface area (Å²) >= 11 is 0. The molecule has 15 heavy (non-hydrogen) atoms. The third-order valence-corrected chi connectivity index (χ3v) is 1.78. The smallest absolute Gasteiger partial charge is 0.255 e. The molecule has 1 amide bonds. The van der Waals surface area contributed by atoms with Gasteiger partial charge in [0, 0.05) is 5.56 Å². The minimum atomic E-state index is -0.534. The Balaban J connectivity index is 2.79. The number of carbonyl (C=O) groups is 1. The van der Waals surface area contributed by atoms with E-state index in [0.29, 0.717) is 11.5 Å². The minimum absolute atomic E-state index is 0.168. The zero-order chi connectivity index (χ0) is 11.3. The molecular formula is C10H12N2O3. The van der Waals surface area contributed by atoms with Gasteiger partial charge in [-0.2, -0.15) is 0 Å². The average Bonchev–Trinajstić information content (AvgIpc) is 2.25. The van der Waals surface area contributed by atoms with Gasteiger partial charge in [-0.15, -0.1) is 0 Å². The molecule has 0 radical (unpaired) electrons. The molecule has 0 atom stereocenters. The standard InChI is InChI=1S/C10H12N2O3/c1-7(12-14)8-3-2-4-9(5-8)15-6-10(11)13/h2-5,14H,6H2,1H3,(H2,11,13)/b12-7+. The van der Waals surface area contributed by atoms with Crippen molar-refractivity contribution in [2.24, 2.45) is 10.9 Å². The molecule has 0 bridgehead atoms. The first-order valence-corrected chi connectivity index (χ1v) is 4.33. The van der Waals surface area contributed by atoms with Crippen LogP contribution < -0.4 is 10.5 Å². The van der Waals surface area contributed by atoms with Crippen molar-refractivity contribution in [2.75, 3.05) is 6.61 Å². The van der Waals surface area contributed by atoms with Crippen LogP contribution in [0.4, 0.5) is 0 Å². The number of oxime groups is 1. The van der Waals surface area contributed by atoms with Gasteiger partial charge in [-0.25, -0.2) is 0 Å². The normalized spacial score (nSPS) is 11.1.